The van der Waals surface area contributed by atoms with E-state index in [9.17, 15) is 8.42 Å². The second-order valence-electron chi connectivity index (χ2n) is 5.45. The molecule has 2 atom stereocenters. The first-order chi connectivity index (χ1) is 9.72. The summed E-state index contributed by atoms with van der Waals surface area (Å²) in [5.74, 6) is 0.822. The molecular formula is C15H26N2O3S. The van der Waals surface area contributed by atoms with Crippen LogP contribution in [0.25, 0.3) is 0 Å². The lowest BCUT2D eigenvalue weighted by Gasteiger charge is -2.24. The molecule has 5 nitrogen and oxygen atoms in total. The standard InChI is InChI=1S/C15H26N2O3S/c1-7-16-14(12(4)21(6,18)19)8-13-11(3)15(20-5)10(2)9-17-13/h9,12,14,16H,7-8H2,1-6H3. The van der Waals surface area contributed by atoms with Gasteiger partial charge in [-0.2, -0.15) is 0 Å². The monoisotopic (exact) mass is 314 g/mol. The van der Waals surface area contributed by atoms with E-state index in [0.717, 1.165) is 22.6 Å². The minimum atomic E-state index is -3.10. The Labute approximate surface area is 128 Å². The number of rotatable bonds is 7. The van der Waals surface area contributed by atoms with Gasteiger partial charge in [0.1, 0.15) is 5.75 Å². The first-order valence-corrected chi connectivity index (χ1v) is 9.09. The molecule has 1 aromatic heterocycles. The fraction of sp³-hybridized carbons (Fsp3) is 0.667. The van der Waals surface area contributed by atoms with Crippen LogP contribution in [0, 0.1) is 13.8 Å². The molecule has 1 aromatic rings. The summed E-state index contributed by atoms with van der Waals surface area (Å²) in [4.78, 5) is 4.46. The van der Waals surface area contributed by atoms with Gasteiger partial charge in [-0.25, -0.2) is 8.42 Å². The SMILES string of the molecule is CCNC(Cc1ncc(C)c(OC)c1C)C(C)S(C)(=O)=O. The van der Waals surface area contributed by atoms with Crippen molar-refractivity contribution in [3.8, 4) is 5.75 Å². The van der Waals surface area contributed by atoms with Crippen LogP contribution in [0.5, 0.6) is 5.75 Å². The largest absolute Gasteiger partial charge is 0.496 e. The third-order valence-corrected chi connectivity index (χ3v) is 5.55. The van der Waals surface area contributed by atoms with Crippen LogP contribution in [0.15, 0.2) is 6.20 Å². The van der Waals surface area contributed by atoms with Gasteiger partial charge in [-0.3, -0.25) is 4.98 Å². The molecule has 1 N–H and O–H groups in total. The molecule has 2 unspecified atom stereocenters. The minimum absolute atomic E-state index is 0.163. The quantitative estimate of drug-likeness (QED) is 0.829. The topological polar surface area (TPSA) is 68.3 Å². The van der Waals surface area contributed by atoms with Gasteiger partial charge in [-0.15, -0.1) is 0 Å². The lowest BCUT2D eigenvalue weighted by atomic mass is 10.0. The van der Waals surface area contributed by atoms with Gasteiger partial charge in [0.2, 0.25) is 0 Å². The van der Waals surface area contributed by atoms with Crippen molar-refractivity contribution in [3.05, 3.63) is 23.0 Å². The van der Waals surface area contributed by atoms with Crippen molar-refractivity contribution in [1.29, 1.82) is 0 Å². The molecule has 0 saturated heterocycles. The summed E-state index contributed by atoms with van der Waals surface area (Å²) < 4.78 is 29.0. The highest BCUT2D eigenvalue weighted by Crippen LogP contribution is 2.25. The number of hydrogen-bond acceptors (Lipinski definition) is 5. The molecule has 1 rings (SSSR count). The number of aromatic nitrogens is 1. The van der Waals surface area contributed by atoms with Crippen molar-refractivity contribution in [2.24, 2.45) is 0 Å². The summed E-state index contributed by atoms with van der Waals surface area (Å²) in [5, 5.41) is 2.79. The number of methoxy groups -OCH3 is 1. The third kappa shape index (κ3) is 4.41. The summed E-state index contributed by atoms with van der Waals surface area (Å²) in [6, 6.07) is -0.163. The summed E-state index contributed by atoms with van der Waals surface area (Å²) in [6.07, 6.45) is 3.61. The number of ether oxygens (including phenoxy) is 1. The van der Waals surface area contributed by atoms with E-state index in [1.807, 2.05) is 20.8 Å². The Kier molecular flexibility index (Phi) is 6.16. The minimum Gasteiger partial charge on any atom is -0.496 e. The third-order valence-electron chi connectivity index (χ3n) is 3.87. The number of likely N-dealkylation sites (N-methyl/N-ethyl adjacent to an activating group) is 1. The van der Waals surface area contributed by atoms with Gasteiger partial charge in [0, 0.05) is 41.7 Å². The number of hydrogen-bond donors (Lipinski definition) is 1. The zero-order chi connectivity index (χ0) is 16.2. The van der Waals surface area contributed by atoms with Crippen molar-refractivity contribution in [2.45, 2.75) is 45.4 Å². The molecule has 0 bridgehead atoms. The number of aryl methyl sites for hydroxylation is 1. The van der Waals surface area contributed by atoms with Crippen LogP contribution in [0.2, 0.25) is 0 Å². The molecular weight excluding hydrogens is 288 g/mol. The molecule has 0 aliphatic carbocycles. The lowest BCUT2D eigenvalue weighted by molar-refractivity contribution is 0.405. The Balaban J connectivity index is 3.11. The smallest absolute Gasteiger partial charge is 0.151 e. The second kappa shape index (κ2) is 7.22. The average Bonchev–Trinajstić information content (AvgIpc) is 2.40. The summed E-state index contributed by atoms with van der Waals surface area (Å²) in [5.41, 5.74) is 2.83. The van der Waals surface area contributed by atoms with Crippen molar-refractivity contribution in [1.82, 2.24) is 10.3 Å². The first kappa shape index (κ1) is 17.9. The van der Waals surface area contributed by atoms with E-state index in [1.165, 1.54) is 6.26 Å². The number of pyridine rings is 1. The molecule has 0 fully saturated rings. The molecule has 0 aromatic carbocycles. The summed E-state index contributed by atoms with van der Waals surface area (Å²) in [6.45, 7) is 8.33. The van der Waals surface area contributed by atoms with Gasteiger partial charge >= 0.3 is 0 Å². The molecule has 0 radical (unpaired) electrons. The van der Waals surface area contributed by atoms with Crippen molar-refractivity contribution >= 4 is 9.84 Å². The highest BCUT2D eigenvalue weighted by atomic mass is 32.2. The van der Waals surface area contributed by atoms with Gasteiger partial charge in [-0.05, 0) is 27.3 Å². The van der Waals surface area contributed by atoms with E-state index in [0.29, 0.717) is 13.0 Å². The molecule has 1 heterocycles. The first-order valence-electron chi connectivity index (χ1n) is 7.13. The Morgan fingerprint density at radius 3 is 2.48 bits per heavy atom. The van der Waals surface area contributed by atoms with Gasteiger partial charge in [0.15, 0.2) is 9.84 Å². The molecule has 0 amide bonds. The van der Waals surface area contributed by atoms with E-state index in [2.05, 4.69) is 10.3 Å². The normalized spacial score (nSPS) is 14.8. The maximum absolute atomic E-state index is 11.8. The van der Waals surface area contributed by atoms with Crippen LogP contribution in [-0.2, 0) is 16.3 Å². The fourth-order valence-corrected chi connectivity index (χ4v) is 3.24. The molecule has 120 valence electrons. The summed E-state index contributed by atoms with van der Waals surface area (Å²) in [7, 11) is -1.46. The molecule has 6 heteroatoms. The van der Waals surface area contributed by atoms with Crippen LogP contribution in [-0.4, -0.2) is 44.6 Å². The Hall–Kier alpha value is -1.14. The zero-order valence-electron chi connectivity index (χ0n) is 13.7. The maximum atomic E-state index is 11.8. The van der Waals surface area contributed by atoms with Gasteiger partial charge in [-0.1, -0.05) is 6.92 Å². The van der Waals surface area contributed by atoms with E-state index in [4.69, 9.17) is 4.74 Å². The van der Waals surface area contributed by atoms with E-state index < -0.39 is 15.1 Å². The average molecular weight is 314 g/mol. The van der Waals surface area contributed by atoms with Gasteiger partial charge in [0.25, 0.3) is 0 Å². The lowest BCUT2D eigenvalue weighted by Crippen LogP contribution is -2.44. The summed E-state index contributed by atoms with van der Waals surface area (Å²) >= 11 is 0. The molecule has 0 saturated carbocycles. The molecule has 0 spiro atoms. The van der Waals surface area contributed by atoms with Crippen LogP contribution >= 0.6 is 0 Å². The van der Waals surface area contributed by atoms with Crippen LogP contribution in [0.3, 0.4) is 0 Å². The Bertz CT molecular complexity index is 585. The van der Waals surface area contributed by atoms with Gasteiger partial charge < -0.3 is 10.1 Å². The predicted molar refractivity (Wildman–Crippen MR) is 85.7 cm³/mol. The van der Waals surface area contributed by atoms with E-state index >= 15 is 0 Å². The molecule has 0 aliphatic heterocycles. The number of sulfone groups is 1. The van der Waals surface area contributed by atoms with Crippen LogP contribution < -0.4 is 10.1 Å². The highest BCUT2D eigenvalue weighted by Gasteiger charge is 2.26. The second-order valence-corrected chi connectivity index (χ2v) is 7.85. The molecule has 21 heavy (non-hydrogen) atoms. The zero-order valence-corrected chi connectivity index (χ0v) is 14.5. The fourth-order valence-electron chi connectivity index (χ4n) is 2.45. The maximum Gasteiger partial charge on any atom is 0.151 e. The number of nitrogens with one attached hydrogen (secondary N) is 1. The number of nitrogens with zero attached hydrogens (tertiary/aromatic N) is 1. The van der Waals surface area contributed by atoms with Gasteiger partial charge in [0.05, 0.1) is 12.4 Å². The Morgan fingerprint density at radius 1 is 1.38 bits per heavy atom. The van der Waals surface area contributed by atoms with Crippen LogP contribution in [0.1, 0.15) is 30.7 Å². The molecule has 0 aliphatic rings. The Morgan fingerprint density at radius 2 is 2.00 bits per heavy atom. The van der Waals surface area contributed by atoms with Crippen LogP contribution in [0.4, 0.5) is 0 Å². The van der Waals surface area contributed by atoms with Crippen molar-refractivity contribution < 1.29 is 13.2 Å². The predicted octanol–water partition coefficient (Wildman–Crippen LogP) is 1.66. The van der Waals surface area contributed by atoms with E-state index in [-0.39, 0.29) is 6.04 Å². The highest BCUT2D eigenvalue weighted by molar-refractivity contribution is 7.91. The van der Waals surface area contributed by atoms with Crippen molar-refractivity contribution in [2.75, 3.05) is 19.9 Å². The van der Waals surface area contributed by atoms with E-state index in [1.54, 1.807) is 20.2 Å². The van der Waals surface area contributed by atoms with Crippen molar-refractivity contribution in [3.63, 3.8) is 0 Å².